The topological polar surface area (TPSA) is 30.0 Å². The number of carbonyl (C=O) groups excluding carboxylic acids is 1. The van der Waals surface area contributed by atoms with E-state index in [-0.39, 0.29) is 0 Å². The number of aromatic nitrogens is 1. The van der Waals surface area contributed by atoms with Gasteiger partial charge in [-0.1, -0.05) is 11.6 Å². The molecular weight excluding hydrogens is 138 g/mol. The summed E-state index contributed by atoms with van der Waals surface area (Å²) in [5.74, 6) is 0. The molecule has 1 rings (SSSR count). The van der Waals surface area contributed by atoms with E-state index < -0.39 is 0 Å². The van der Waals surface area contributed by atoms with Crippen molar-refractivity contribution in [3.8, 4) is 0 Å². The highest BCUT2D eigenvalue weighted by atomic mass is 35.5. The highest BCUT2D eigenvalue weighted by Crippen LogP contribution is 2.01. The van der Waals surface area contributed by atoms with Gasteiger partial charge < -0.3 is 4.79 Å². The van der Waals surface area contributed by atoms with Crippen LogP contribution in [0.2, 0.25) is 5.02 Å². The van der Waals surface area contributed by atoms with E-state index in [1.165, 1.54) is 0 Å². The number of halogens is 1. The van der Waals surface area contributed by atoms with Crippen molar-refractivity contribution < 1.29 is 4.79 Å². The first kappa shape index (κ1) is 8.11. The minimum atomic E-state index is 0.731. The van der Waals surface area contributed by atoms with Gasteiger partial charge in [0.2, 0.25) is 0 Å². The second kappa shape index (κ2) is 5.25. The predicted octanol–water partition coefficient (Wildman–Crippen LogP) is 1.55. The molecule has 0 radical (unpaired) electrons. The lowest BCUT2D eigenvalue weighted by Crippen LogP contribution is -1.63. The Morgan fingerprint density at radius 1 is 1.33 bits per heavy atom. The second-order valence-corrected chi connectivity index (χ2v) is 1.60. The molecule has 0 fully saturated rings. The van der Waals surface area contributed by atoms with Gasteiger partial charge in [-0.3, -0.25) is 4.98 Å². The molecule has 0 bridgehead atoms. The van der Waals surface area contributed by atoms with E-state index in [9.17, 15) is 0 Å². The minimum Gasteiger partial charge on any atom is -0.307 e. The molecule has 48 valence electrons. The Bertz CT molecular complexity index is 154. The van der Waals surface area contributed by atoms with Crippen LogP contribution in [0.25, 0.3) is 0 Å². The van der Waals surface area contributed by atoms with E-state index in [1.54, 1.807) is 24.5 Å². The van der Waals surface area contributed by atoms with Crippen LogP contribution < -0.4 is 0 Å². The van der Waals surface area contributed by atoms with E-state index >= 15 is 0 Å². The van der Waals surface area contributed by atoms with Crippen molar-refractivity contribution in [2.75, 3.05) is 0 Å². The van der Waals surface area contributed by atoms with Gasteiger partial charge in [0.05, 0.1) is 0 Å². The van der Waals surface area contributed by atoms with Crippen LogP contribution in [0.15, 0.2) is 24.5 Å². The number of nitrogens with zero attached hydrogens (tertiary/aromatic N) is 1. The van der Waals surface area contributed by atoms with Crippen LogP contribution in [-0.4, -0.2) is 11.8 Å². The Morgan fingerprint density at radius 3 is 2.00 bits per heavy atom. The molecule has 0 N–H and O–H groups in total. The van der Waals surface area contributed by atoms with Crippen molar-refractivity contribution in [2.45, 2.75) is 0 Å². The summed E-state index contributed by atoms with van der Waals surface area (Å²) in [6.45, 7) is 2.00. The fourth-order valence-corrected chi connectivity index (χ4v) is 0.446. The zero-order chi connectivity index (χ0) is 7.11. The molecule has 0 aromatic carbocycles. The van der Waals surface area contributed by atoms with Gasteiger partial charge in [-0.2, -0.15) is 0 Å². The normalized spacial score (nSPS) is 7.22. The number of hydrogen-bond donors (Lipinski definition) is 0. The summed E-state index contributed by atoms with van der Waals surface area (Å²) in [7, 11) is 0. The van der Waals surface area contributed by atoms with Gasteiger partial charge in [-0.25, -0.2) is 0 Å². The molecule has 0 atom stereocenters. The zero-order valence-electron chi connectivity index (χ0n) is 4.75. The van der Waals surface area contributed by atoms with Crippen molar-refractivity contribution in [1.29, 1.82) is 0 Å². The van der Waals surface area contributed by atoms with Crippen molar-refractivity contribution in [3.63, 3.8) is 0 Å². The number of pyridine rings is 1. The highest BCUT2D eigenvalue weighted by molar-refractivity contribution is 6.30. The molecule has 0 unspecified atom stereocenters. The largest absolute Gasteiger partial charge is 0.307 e. The molecule has 9 heavy (non-hydrogen) atoms. The molecule has 1 aromatic rings. The average Bonchev–Trinajstić information content (AvgIpc) is 1.94. The van der Waals surface area contributed by atoms with Gasteiger partial charge in [-0.15, -0.1) is 0 Å². The molecule has 1 heterocycles. The summed E-state index contributed by atoms with van der Waals surface area (Å²) < 4.78 is 0. The van der Waals surface area contributed by atoms with E-state index in [0.717, 1.165) is 5.02 Å². The summed E-state index contributed by atoms with van der Waals surface area (Å²) >= 11 is 5.50. The van der Waals surface area contributed by atoms with Crippen molar-refractivity contribution in [2.24, 2.45) is 0 Å². The van der Waals surface area contributed by atoms with Crippen molar-refractivity contribution in [1.82, 2.24) is 4.98 Å². The Kier molecular flexibility index (Phi) is 4.73. The van der Waals surface area contributed by atoms with Crippen LogP contribution in [0.5, 0.6) is 0 Å². The standard InChI is InChI=1S/C5H4ClN.CH2O/c6-5-1-3-7-4-2-5;1-2/h1-4H;1H2. The summed E-state index contributed by atoms with van der Waals surface area (Å²) in [6.07, 6.45) is 3.31. The molecule has 0 aliphatic rings. The molecule has 0 saturated carbocycles. The molecule has 0 saturated heterocycles. The fraction of sp³-hybridized carbons (Fsp3) is 0. The number of carbonyl (C=O) groups is 1. The maximum Gasteiger partial charge on any atom is 0.106 e. The monoisotopic (exact) mass is 143 g/mol. The third-order valence-corrected chi connectivity index (χ3v) is 0.892. The maximum absolute atomic E-state index is 8.00. The Balaban J connectivity index is 0.000000291. The lowest BCUT2D eigenvalue weighted by molar-refractivity contribution is -0.0979. The van der Waals surface area contributed by atoms with Crippen LogP contribution in [0.1, 0.15) is 0 Å². The Labute approximate surface area is 58.5 Å². The lowest BCUT2D eigenvalue weighted by atomic mass is 10.5. The third kappa shape index (κ3) is 3.67. The zero-order valence-corrected chi connectivity index (χ0v) is 5.51. The highest BCUT2D eigenvalue weighted by Gasteiger charge is 1.75. The summed E-state index contributed by atoms with van der Waals surface area (Å²) in [6, 6.07) is 3.48. The molecular formula is C6H6ClNO. The third-order valence-electron chi connectivity index (χ3n) is 0.640. The maximum atomic E-state index is 8.00. The van der Waals surface area contributed by atoms with E-state index in [2.05, 4.69) is 4.98 Å². The smallest absolute Gasteiger partial charge is 0.106 e. The van der Waals surface area contributed by atoms with Crippen LogP contribution >= 0.6 is 11.6 Å². The molecule has 0 aliphatic heterocycles. The van der Waals surface area contributed by atoms with Crippen LogP contribution in [0, 0.1) is 0 Å². The average molecular weight is 144 g/mol. The molecule has 3 heteroatoms. The first-order valence-electron chi connectivity index (χ1n) is 2.24. The Hall–Kier alpha value is -0.890. The minimum absolute atomic E-state index is 0.731. The van der Waals surface area contributed by atoms with Crippen LogP contribution in [0.3, 0.4) is 0 Å². The first-order chi connectivity index (χ1) is 4.39. The van der Waals surface area contributed by atoms with Crippen LogP contribution in [-0.2, 0) is 4.79 Å². The van der Waals surface area contributed by atoms with Gasteiger partial charge in [-0.05, 0) is 12.1 Å². The quantitative estimate of drug-likeness (QED) is 0.552. The van der Waals surface area contributed by atoms with Crippen molar-refractivity contribution in [3.05, 3.63) is 29.5 Å². The Morgan fingerprint density at radius 2 is 1.78 bits per heavy atom. The number of rotatable bonds is 0. The lowest BCUT2D eigenvalue weighted by Gasteiger charge is -1.79. The van der Waals surface area contributed by atoms with Crippen molar-refractivity contribution >= 4 is 18.4 Å². The molecule has 1 aromatic heterocycles. The second-order valence-electron chi connectivity index (χ2n) is 1.17. The molecule has 2 nitrogen and oxygen atoms in total. The van der Waals surface area contributed by atoms with Crippen LogP contribution in [0.4, 0.5) is 0 Å². The molecule has 0 spiro atoms. The van der Waals surface area contributed by atoms with Gasteiger partial charge in [0.1, 0.15) is 6.79 Å². The van der Waals surface area contributed by atoms with Gasteiger partial charge in [0, 0.05) is 17.4 Å². The summed E-state index contributed by atoms with van der Waals surface area (Å²) in [5, 5.41) is 0.731. The van der Waals surface area contributed by atoms with E-state index in [4.69, 9.17) is 16.4 Å². The first-order valence-corrected chi connectivity index (χ1v) is 2.62. The van der Waals surface area contributed by atoms with Gasteiger partial charge in [0.15, 0.2) is 0 Å². The van der Waals surface area contributed by atoms with Gasteiger partial charge >= 0.3 is 0 Å². The predicted molar refractivity (Wildman–Crippen MR) is 36.4 cm³/mol. The summed E-state index contributed by atoms with van der Waals surface area (Å²) in [5.41, 5.74) is 0. The fourth-order valence-electron chi connectivity index (χ4n) is 0.334. The SMILES string of the molecule is C=O.Clc1ccncc1. The van der Waals surface area contributed by atoms with E-state index in [1.807, 2.05) is 6.79 Å². The summed E-state index contributed by atoms with van der Waals surface area (Å²) in [4.78, 5) is 11.8. The van der Waals surface area contributed by atoms with E-state index in [0.29, 0.717) is 0 Å². The molecule has 0 aliphatic carbocycles. The molecule has 0 amide bonds. The van der Waals surface area contributed by atoms with Gasteiger partial charge in [0.25, 0.3) is 0 Å². The number of hydrogen-bond acceptors (Lipinski definition) is 2.